The van der Waals surface area contributed by atoms with Crippen molar-refractivity contribution in [2.24, 2.45) is 0 Å². The van der Waals surface area contributed by atoms with E-state index in [1.165, 1.54) is 12.4 Å². The van der Waals surface area contributed by atoms with Gasteiger partial charge in [0, 0.05) is 24.7 Å². The molecule has 2 unspecified atom stereocenters. The molecule has 1 N–H and O–H groups in total. The lowest BCUT2D eigenvalue weighted by Crippen LogP contribution is -2.21. The van der Waals surface area contributed by atoms with Crippen molar-refractivity contribution < 1.29 is 19.1 Å². The summed E-state index contributed by atoms with van der Waals surface area (Å²) in [4.78, 5) is 28.5. The zero-order valence-corrected chi connectivity index (χ0v) is 16.8. The number of rotatable bonds is 6. The Morgan fingerprint density at radius 3 is 2.54 bits per heavy atom. The van der Waals surface area contributed by atoms with Crippen LogP contribution in [0.1, 0.15) is 41.6 Å². The molecule has 0 saturated carbocycles. The minimum absolute atomic E-state index is 0.000531. The van der Waals surface area contributed by atoms with Crippen LogP contribution in [0, 0.1) is 0 Å². The topological polar surface area (TPSA) is 77.5 Å². The Bertz CT molecular complexity index is 832. The number of benzene rings is 1. The molecular weight excluding hydrogens is 403 g/mol. The summed E-state index contributed by atoms with van der Waals surface area (Å²) in [7, 11) is 0. The molecule has 2 aromatic rings. The molecule has 2 heterocycles. The van der Waals surface area contributed by atoms with Gasteiger partial charge in [-0.05, 0) is 37.5 Å². The number of carbonyl (C=O) groups is 2. The summed E-state index contributed by atoms with van der Waals surface area (Å²) >= 11 is 12.0. The van der Waals surface area contributed by atoms with E-state index in [1.807, 2.05) is 0 Å². The van der Waals surface area contributed by atoms with Crippen LogP contribution in [0.4, 0.5) is 5.69 Å². The van der Waals surface area contributed by atoms with Gasteiger partial charge in [0.05, 0.1) is 27.6 Å². The third-order valence-electron chi connectivity index (χ3n) is 4.54. The van der Waals surface area contributed by atoms with Crippen molar-refractivity contribution in [3.63, 3.8) is 0 Å². The smallest absolute Gasteiger partial charge is 0.313 e. The molecule has 0 bridgehead atoms. The van der Waals surface area contributed by atoms with Crippen LogP contribution in [0.25, 0.3) is 0 Å². The average molecular weight is 423 g/mol. The molecule has 1 aromatic carbocycles. The van der Waals surface area contributed by atoms with E-state index in [0.717, 1.165) is 25.0 Å². The van der Waals surface area contributed by atoms with E-state index in [2.05, 4.69) is 10.3 Å². The molecule has 1 aliphatic rings. The second-order valence-corrected chi connectivity index (χ2v) is 7.36. The van der Waals surface area contributed by atoms with Crippen molar-refractivity contribution in [2.75, 3.05) is 18.5 Å². The summed E-state index contributed by atoms with van der Waals surface area (Å²) in [5.74, 6) is -1.16. The summed E-state index contributed by atoms with van der Waals surface area (Å²) in [5.41, 5.74) is 1.50. The molecule has 1 aliphatic heterocycles. The van der Waals surface area contributed by atoms with Crippen LogP contribution in [0.15, 0.2) is 36.7 Å². The van der Waals surface area contributed by atoms with Crippen LogP contribution in [0.2, 0.25) is 10.0 Å². The number of pyridine rings is 1. The third kappa shape index (κ3) is 5.01. The highest BCUT2D eigenvalue weighted by Gasteiger charge is 2.21. The fraction of sp³-hybridized carbons (Fsp3) is 0.350. The van der Waals surface area contributed by atoms with E-state index < -0.39 is 11.8 Å². The molecule has 1 saturated heterocycles. The number of halogens is 2. The molecule has 3 rings (SSSR count). The largest absolute Gasteiger partial charge is 0.462 e. The van der Waals surface area contributed by atoms with Gasteiger partial charge in [0.2, 0.25) is 0 Å². The molecule has 0 radical (unpaired) electrons. The van der Waals surface area contributed by atoms with Gasteiger partial charge in [-0.25, -0.2) is 0 Å². The molecule has 6 nitrogen and oxygen atoms in total. The van der Waals surface area contributed by atoms with E-state index in [1.54, 1.807) is 31.2 Å². The van der Waals surface area contributed by atoms with Crippen LogP contribution in [-0.2, 0) is 14.3 Å². The molecule has 1 amide bonds. The van der Waals surface area contributed by atoms with Crippen LogP contribution < -0.4 is 5.32 Å². The number of amides is 1. The quantitative estimate of drug-likeness (QED) is 0.694. The molecule has 8 heteroatoms. The van der Waals surface area contributed by atoms with Crippen molar-refractivity contribution >= 4 is 40.8 Å². The number of hydrogen-bond acceptors (Lipinski definition) is 5. The summed E-state index contributed by atoms with van der Waals surface area (Å²) in [6, 6.07) is 6.95. The fourth-order valence-electron chi connectivity index (χ4n) is 2.89. The van der Waals surface area contributed by atoms with Crippen LogP contribution in [0.5, 0.6) is 0 Å². The van der Waals surface area contributed by atoms with E-state index in [-0.39, 0.29) is 34.3 Å². The van der Waals surface area contributed by atoms with Crippen LogP contribution >= 0.6 is 23.2 Å². The Morgan fingerprint density at radius 1 is 1.25 bits per heavy atom. The molecule has 0 aliphatic carbocycles. The zero-order chi connectivity index (χ0) is 20.1. The molecule has 0 spiro atoms. The molecular formula is C20H20Cl2N2O4. The van der Waals surface area contributed by atoms with Gasteiger partial charge in [0.15, 0.2) is 0 Å². The number of esters is 1. The summed E-state index contributed by atoms with van der Waals surface area (Å²) in [6.07, 6.45) is 4.63. The summed E-state index contributed by atoms with van der Waals surface area (Å²) in [6.45, 7) is 2.79. The average Bonchev–Trinajstić information content (AvgIpc) is 3.19. The van der Waals surface area contributed by atoms with Crippen LogP contribution in [-0.4, -0.2) is 36.2 Å². The predicted octanol–water partition coefficient (Wildman–Crippen LogP) is 4.47. The lowest BCUT2D eigenvalue weighted by Gasteiger charge is -2.15. The lowest BCUT2D eigenvalue weighted by molar-refractivity contribution is -0.148. The van der Waals surface area contributed by atoms with Gasteiger partial charge in [-0.1, -0.05) is 35.3 Å². The Kier molecular flexibility index (Phi) is 6.88. The third-order valence-corrected chi connectivity index (χ3v) is 5.11. The van der Waals surface area contributed by atoms with Gasteiger partial charge in [0.25, 0.3) is 5.91 Å². The van der Waals surface area contributed by atoms with Gasteiger partial charge in [-0.3, -0.25) is 14.6 Å². The maximum absolute atomic E-state index is 12.4. The standard InChI is InChI=1S/C20H20Cl2N2O4/c1-12(20(26)28-11-15-3-2-8-27-15)13-4-6-14(7-5-13)24-19(25)18-16(21)9-23-10-17(18)22/h4-7,9-10,12,15H,2-3,8,11H2,1H3,(H,24,25). The molecule has 1 aromatic heterocycles. The maximum Gasteiger partial charge on any atom is 0.313 e. The Hall–Kier alpha value is -2.15. The maximum atomic E-state index is 12.4. The number of aromatic nitrogens is 1. The van der Waals surface area contributed by atoms with E-state index in [9.17, 15) is 9.59 Å². The highest BCUT2D eigenvalue weighted by atomic mass is 35.5. The lowest BCUT2D eigenvalue weighted by atomic mass is 10.0. The first kappa shape index (κ1) is 20.6. The highest BCUT2D eigenvalue weighted by Crippen LogP contribution is 2.25. The molecule has 1 fully saturated rings. The van der Waals surface area contributed by atoms with Crippen molar-refractivity contribution in [3.8, 4) is 0 Å². The van der Waals surface area contributed by atoms with Crippen molar-refractivity contribution in [1.29, 1.82) is 0 Å². The minimum atomic E-state index is -0.436. The van der Waals surface area contributed by atoms with Gasteiger partial charge in [-0.15, -0.1) is 0 Å². The zero-order valence-electron chi connectivity index (χ0n) is 15.3. The summed E-state index contributed by atoms with van der Waals surface area (Å²) < 4.78 is 10.8. The van der Waals surface area contributed by atoms with Gasteiger partial charge >= 0.3 is 5.97 Å². The predicted molar refractivity (Wildman–Crippen MR) is 107 cm³/mol. The Labute approximate surface area is 173 Å². The number of hydrogen-bond donors (Lipinski definition) is 1. The SMILES string of the molecule is CC(C(=O)OCC1CCCO1)c1ccc(NC(=O)c2c(Cl)cncc2Cl)cc1. The summed E-state index contributed by atoms with van der Waals surface area (Å²) in [5, 5.41) is 3.07. The first-order chi connectivity index (χ1) is 13.5. The highest BCUT2D eigenvalue weighted by molar-refractivity contribution is 6.40. The first-order valence-electron chi connectivity index (χ1n) is 8.94. The Balaban J connectivity index is 1.59. The van der Waals surface area contributed by atoms with Gasteiger partial charge in [-0.2, -0.15) is 0 Å². The van der Waals surface area contributed by atoms with Crippen LogP contribution in [0.3, 0.4) is 0 Å². The molecule has 28 heavy (non-hydrogen) atoms. The Morgan fingerprint density at radius 2 is 1.93 bits per heavy atom. The normalized spacial score (nSPS) is 17.2. The molecule has 148 valence electrons. The van der Waals surface area contributed by atoms with E-state index >= 15 is 0 Å². The monoisotopic (exact) mass is 422 g/mol. The number of carbonyl (C=O) groups excluding carboxylic acids is 2. The second-order valence-electron chi connectivity index (χ2n) is 6.54. The van der Waals surface area contributed by atoms with Crippen molar-refractivity contribution in [1.82, 2.24) is 4.98 Å². The van der Waals surface area contributed by atoms with E-state index in [4.69, 9.17) is 32.7 Å². The number of nitrogens with one attached hydrogen (secondary N) is 1. The minimum Gasteiger partial charge on any atom is -0.462 e. The van der Waals surface area contributed by atoms with E-state index in [0.29, 0.717) is 5.69 Å². The van der Waals surface area contributed by atoms with Gasteiger partial charge in [0.1, 0.15) is 6.61 Å². The number of ether oxygens (including phenoxy) is 2. The second kappa shape index (κ2) is 9.37. The number of anilines is 1. The first-order valence-corrected chi connectivity index (χ1v) is 9.70. The van der Waals surface area contributed by atoms with Crippen molar-refractivity contribution in [3.05, 3.63) is 57.8 Å². The number of nitrogens with zero attached hydrogens (tertiary/aromatic N) is 1. The molecule has 2 atom stereocenters. The van der Waals surface area contributed by atoms with Gasteiger partial charge < -0.3 is 14.8 Å². The van der Waals surface area contributed by atoms with Crippen molar-refractivity contribution in [2.45, 2.75) is 31.8 Å². The fourth-order valence-corrected chi connectivity index (χ4v) is 3.43.